The van der Waals surface area contributed by atoms with Crippen LogP contribution in [0.1, 0.15) is 42.8 Å². The van der Waals surface area contributed by atoms with Crippen LogP contribution in [0, 0.1) is 6.92 Å². The molecular weight excluding hydrogens is 320 g/mol. The Labute approximate surface area is 147 Å². The fourth-order valence-corrected chi connectivity index (χ4v) is 3.11. The Bertz CT molecular complexity index is 813. The Morgan fingerprint density at radius 2 is 1.83 bits per heavy atom. The van der Waals surface area contributed by atoms with Crippen LogP contribution in [-0.4, -0.2) is 14.8 Å². The van der Waals surface area contributed by atoms with Gasteiger partial charge < -0.3 is 5.32 Å². The summed E-state index contributed by atoms with van der Waals surface area (Å²) in [6.45, 7) is 6.39. The molecule has 5 heteroatoms. The van der Waals surface area contributed by atoms with Crippen LogP contribution in [0.3, 0.4) is 0 Å². The molecule has 4 nitrogen and oxygen atoms in total. The largest absolute Gasteiger partial charge is 0.304 e. The number of nitrogens with zero attached hydrogens (tertiary/aromatic N) is 3. The molecule has 24 heavy (non-hydrogen) atoms. The van der Waals surface area contributed by atoms with Crippen LogP contribution in [-0.2, 0) is 0 Å². The summed E-state index contributed by atoms with van der Waals surface area (Å²) < 4.78 is 1.93. The van der Waals surface area contributed by atoms with Crippen LogP contribution in [0.4, 0.5) is 0 Å². The van der Waals surface area contributed by atoms with Gasteiger partial charge in [0.2, 0.25) is 0 Å². The van der Waals surface area contributed by atoms with Gasteiger partial charge in [0.15, 0.2) is 0 Å². The highest BCUT2D eigenvalue weighted by atomic mass is 35.5. The number of pyridine rings is 1. The van der Waals surface area contributed by atoms with E-state index in [1.54, 1.807) is 0 Å². The second-order valence-electron chi connectivity index (χ2n) is 5.97. The summed E-state index contributed by atoms with van der Waals surface area (Å²) in [6.07, 6.45) is 5.56. The Balaban J connectivity index is 1.80. The third-order valence-corrected chi connectivity index (χ3v) is 4.51. The molecular formula is C19H21ClN4. The topological polar surface area (TPSA) is 42.7 Å². The van der Waals surface area contributed by atoms with Crippen molar-refractivity contribution >= 4 is 11.6 Å². The molecule has 124 valence electrons. The number of nitrogens with one attached hydrogen (secondary N) is 1. The molecule has 0 amide bonds. The quantitative estimate of drug-likeness (QED) is 0.735. The Morgan fingerprint density at radius 3 is 2.54 bits per heavy atom. The normalized spacial score (nSPS) is 13.7. The lowest BCUT2D eigenvalue weighted by Gasteiger charge is -2.20. The summed E-state index contributed by atoms with van der Waals surface area (Å²) in [4.78, 5) is 4.07. The van der Waals surface area contributed by atoms with Crippen molar-refractivity contribution in [1.29, 1.82) is 0 Å². The van der Waals surface area contributed by atoms with Crippen molar-refractivity contribution < 1.29 is 0 Å². The van der Waals surface area contributed by atoms with E-state index in [9.17, 15) is 0 Å². The summed E-state index contributed by atoms with van der Waals surface area (Å²) in [6, 6.07) is 12.2. The van der Waals surface area contributed by atoms with Crippen LogP contribution < -0.4 is 5.32 Å². The van der Waals surface area contributed by atoms with E-state index in [0.717, 1.165) is 11.4 Å². The molecule has 1 N–H and O–H groups in total. The van der Waals surface area contributed by atoms with Gasteiger partial charge in [0.25, 0.3) is 0 Å². The van der Waals surface area contributed by atoms with Crippen LogP contribution in [0.5, 0.6) is 0 Å². The monoisotopic (exact) mass is 340 g/mol. The maximum absolute atomic E-state index is 6.09. The van der Waals surface area contributed by atoms with Crippen LogP contribution in [0.2, 0.25) is 5.02 Å². The lowest BCUT2D eigenvalue weighted by Crippen LogP contribution is -2.22. The molecule has 1 aromatic carbocycles. The second-order valence-corrected chi connectivity index (χ2v) is 6.40. The third kappa shape index (κ3) is 3.50. The summed E-state index contributed by atoms with van der Waals surface area (Å²) in [7, 11) is 0. The summed E-state index contributed by atoms with van der Waals surface area (Å²) in [5.41, 5.74) is 4.48. The number of halogens is 1. The minimum absolute atomic E-state index is 0.182. The summed E-state index contributed by atoms with van der Waals surface area (Å²) in [5.74, 6) is 0. The van der Waals surface area contributed by atoms with Crippen molar-refractivity contribution in [2.24, 2.45) is 0 Å². The average Bonchev–Trinajstić information content (AvgIpc) is 2.97. The van der Waals surface area contributed by atoms with Gasteiger partial charge in [-0.1, -0.05) is 17.7 Å². The first-order valence-electron chi connectivity index (χ1n) is 8.02. The van der Waals surface area contributed by atoms with Crippen molar-refractivity contribution in [2.45, 2.75) is 32.9 Å². The molecule has 2 aromatic heterocycles. The van der Waals surface area contributed by atoms with E-state index in [-0.39, 0.29) is 12.1 Å². The van der Waals surface area contributed by atoms with Gasteiger partial charge in [0.05, 0.1) is 11.9 Å². The third-order valence-electron chi connectivity index (χ3n) is 4.27. The number of benzene rings is 1. The zero-order valence-electron chi connectivity index (χ0n) is 14.1. The number of hydrogen-bond donors (Lipinski definition) is 1. The first-order valence-corrected chi connectivity index (χ1v) is 8.40. The molecule has 0 spiro atoms. The van der Waals surface area contributed by atoms with Crippen molar-refractivity contribution in [3.8, 4) is 5.69 Å². The fourth-order valence-electron chi connectivity index (χ4n) is 2.93. The summed E-state index contributed by atoms with van der Waals surface area (Å²) >= 11 is 6.09. The maximum atomic E-state index is 6.09. The van der Waals surface area contributed by atoms with Crippen LogP contribution in [0.15, 0.2) is 55.0 Å². The first kappa shape index (κ1) is 16.7. The van der Waals surface area contributed by atoms with Crippen LogP contribution >= 0.6 is 11.6 Å². The van der Waals surface area contributed by atoms with Gasteiger partial charge in [0.1, 0.15) is 0 Å². The van der Waals surface area contributed by atoms with Gasteiger partial charge in [-0.05, 0) is 56.7 Å². The van der Waals surface area contributed by atoms with Gasteiger partial charge in [-0.3, -0.25) is 4.98 Å². The molecule has 2 heterocycles. The van der Waals surface area contributed by atoms with Crippen LogP contribution in [0.25, 0.3) is 5.69 Å². The number of hydrogen-bond acceptors (Lipinski definition) is 3. The SMILES string of the molecule is Cc1c([C@@H](C)N[C@H](C)c2ccncc2)cnn1-c1cccc(Cl)c1. The number of aromatic nitrogens is 3. The molecule has 0 aliphatic carbocycles. The molecule has 0 unspecified atom stereocenters. The first-order chi connectivity index (χ1) is 11.6. The molecule has 0 aliphatic rings. The Kier molecular flexibility index (Phi) is 4.97. The molecule has 3 rings (SSSR count). The zero-order valence-corrected chi connectivity index (χ0v) is 14.8. The molecule has 0 saturated carbocycles. The molecule has 3 aromatic rings. The van der Waals surface area contributed by atoms with Gasteiger partial charge >= 0.3 is 0 Å². The van der Waals surface area contributed by atoms with E-state index in [1.807, 2.05) is 59.7 Å². The minimum atomic E-state index is 0.182. The summed E-state index contributed by atoms with van der Waals surface area (Å²) in [5, 5.41) is 8.87. The van der Waals surface area contributed by atoms with Crippen molar-refractivity contribution in [3.63, 3.8) is 0 Å². The predicted molar refractivity (Wildman–Crippen MR) is 97.5 cm³/mol. The van der Waals surface area contributed by atoms with E-state index in [1.165, 1.54) is 11.1 Å². The lowest BCUT2D eigenvalue weighted by molar-refractivity contribution is 0.492. The zero-order chi connectivity index (χ0) is 17.1. The van der Waals surface area contributed by atoms with Crippen molar-refractivity contribution in [2.75, 3.05) is 0 Å². The van der Waals surface area contributed by atoms with E-state index < -0.39 is 0 Å². The average molecular weight is 341 g/mol. The van der Waals surface area contributed by atoms with E-state index in [0.29, 0.717) is 5.02 Å². The molecule has 0 bridgehead atoms. The van der Waals surface area contributed by atoms with Gasteiger partial charge in [-0.25, -0.2) is 4.68 Å². The highest BCUT2D eigenvalue weighted by molar-refractivity contribution is 6.30. The molecule has 0 aliphatic heterocycles. The standard InChI is InChI=1S/C19H21ClN4/c1-13(16-7-9-21-10-8-16)23-14(2)19-12-22-24(15(19)3)18-6-4-5-17(20)11-18/h4-14,23H,1-3H3/t13-,14-/m1/s1. The number of rotatable bonds is 5. The molecule has 0 fully saturated rings. The maximum Gasteiger partial charge on any atom is 0.0663 e. The van der Waals surface area contributed by atoms with Gasteiger partial charge in [-0.2, -0.15) is 5.10 Å². The van der Waals surface area contributed by atoms with E-state index in [2.05, 4.69) is 36.2 Å². The fraction of sp³-hybridized carbons (Fsp3) is 0.263. The molecule has 0 saturated heterocycles. The van der Waals surface area contributed by atoms with Crippen molar-refractivity contribution in [3.05, 3.63) is 76.8 Å². The highest BCUT2D eigenvalue weighted by Crippen LogP contribution is 2.24. The second kappa shape index (κ2) is 7.16. The van der Waals surface area contributed by atoms with E-state index in [4.69, 9.17) is 11.6 Å². The van der Waals surface area contributed by atoms with E-state index >= 15 is 0 Å². The predicted octanol–water partition coefficient (Wildman–Crippen LogP) is 4.64. The smallest absolute Gasteiger partial charge is 0.0663 e. The van der Waals surface area contributed by atoms with Gasteiger partial charge in [0, 0.05) is 40.8 Å². The highest BCUT2D eigenvalue weighted by Gasteiger charge is 2.17. The molecule has 2 atom stereocenters. The Hall–Kier alpha value is -2.17. The van der Waals surface area contributed by atoms with Crippen molar-refractivity contribution in [1.82, 2.24) is 20.1 Å². The lowest BCUT2D eigenvalue weighted by atomic mass is 10.1. The minimum Gasteiger partial charge on any atom is -0.304 e. The Morgan fingerprint density at radius 1 is 1.08 bits per heavy atom. The molecule has 0 radical (unpaired) electrons. The van der Waals surface area contributed by atoms with Gasteiger partial charge in [-0.15, -0.1) is 0 Å².